The van der Waals surface area contributed by atoms with Gasteiger partial charge in [0.15, 0.2) is 0 Å². The molecule has 0 heterocycles. The highest BCUT2D eigenvalue weighted by atomic mass is 16.7. The van der Waals surface area contributed by atoms with Crippen LogP contribution in [0.1, 0.15) is 53.4 Å². The predicted octanol–water partition coefficient (Wildman–Crippen LogP) is 1.28. The number of nitrogens with one attached hydrogen (secondary N) is 2. The summed E-state index contributed by atoms with van der Waals surface area (Å²) in [6, 6.07) is -0.607. The minimum atomic E-state index is -0.866. The third-order valence-electron chi connectivity index (χ3n) is 5.37. The number of ether oxygens (including phenoxy) is 3. The average Bonchev–Trinajstić information content (AvgIpc) is 2.99. The van der Waals surface area contributed by atoms with E-state index in [-0.39, 0.29) is 23.9 Å². The molecule has 29 heavy (non-hydrogen) atoms. The Morgan fingerprint density at radius 2 is 1.86 bits per heavy atom. The Kier molecular flexibility index (Phi) is 10.3. The van der Waals surface area contributed by atoms with Gasteiger partial charge in [0.25, 0.3) is 0 Å². The number of carbonyl (C=O) groups excluding carboxylic acids is 3. The summed E-state index contributed by atoms with van der Waals surface area (Å²) in [5.74, 6) is 4.54. The van der Waals surface area contributed by atoms with E-state index in [1.165, 1.54) is 27.3 Å². The number of nitrogens with two attached hydrogens (primary N) is 1. The fourth-order valence-electron chi connectivity index (χ4n) is 4.03. The van der Waals surface area contributed by atoms with E-state index < -0.39 is 24.3 Å². The minimum Gasteiger partial charge on any atom is -0.458 e. The number of methoxy groups -OCH3 is 1. The van der Waals surface area contributed by atoms with Crippen molar-refractivity contribution >= 4 is 24.4 Å². The lowest BCUT2D eigenvalue weighted by atomic mass is 9.84. The lowest BCUT2D eigenvalue weighted by Gasteiger charge is -2.34. The van der Waals surface area contributed by atoms with Crippen molar-refractivity contribution in [3.8, 4) is 0 Å². The fourth-order valence-corrected chi connectivity index (χ4v) is 4.03. The van der Waals surface area contributed by atoms with Gasteiger partial charge in [-0.3, -0.25) is 9.59 Å². The maximum absolute atomic E-state index is 11.9. The van der Waals surface area contributed by atoms with Crippen molar-refractivity contribution in [3.63, 3.8) is 0 Å². The van der Waals surface area contributed by atoms with Gasteiger partial charge in [-0.1, -0.05) is 26.7 Å². The number of rotatable bonds is 10. The molecule has 1 aliphatic carbocycles. The monoisotopic (exact) mass is 414 g/mol. The molecule has 1 amide bonds. The molecule has 10 nitrogen and oxygen atoms in total. The van der Waals surface area contributed by atoms with Gasteiger partial charge in [-0.05, 0) is 12.3 Å². The number of carbonyl (C=O) groups is 3. The van der Waals surface area contributed by atoms with Crippen molar-refractivity contribution in [3.05, 3.63) is 0 Å². The van der Waals surface area contributed by atoms with Crippen LogP contribution in [-0.2, 0) is 23.8 Å². The summed E-state index contributed by atoms with van der Waals surface area (Å²) in [6.45, 7) is 6.93. The molecule has 1 saturated carbocycles. The predicted molar refractivity (Wildman–Crippen MR) is 107 cm³/mol. The first kappa shape index (κ1) is 24.5. The Bertz CT molecular complexity index is 581. The quantitative estimate of drug-likeness (QED) is 0.160. The molecule has 0 aliphatic heterocycles. The molecule has 10 heteroatoms. The van der Waals surface area contributed by atoms with Gasteiger partial charge >= 0.3 is 12.1 Å². The zero-order chi connectivity index (χ0) is 22.0. The first-order chi connectivity index (χ1) is 13.8. The minimum absolute atomic E-state index is 0.189. The SMILES string of the molecule is CCC(CC)CC(NC(C)=O)[C@H]1[C@@H](OC(C)=O)[C@H](OC(=O)OC)C[C@H]1N/C=N/N. The normalized spacial score (nSPS) is 24.9. The lowest BCUT2D eigenvalue weighted by molar-refractivity contribution is -0.155. The molecule has 0 aromatic carbocycles. The topological polar surface area (TPSA) is 141 Å². The number of hydrogen-bond donors (Lipinski definition) is 3. The highest BCUT2D eigenvalue weighted by Crippen LogP contribution is 2.37. The number of nitrogens with zero attached hydrogens (tertiary/aromatic N) is 1. The van der Waals surface area contributed by atoms with E-state index in [9.17, 15) is 14.4 Å². The third-order valence-corrected chi connectivity index (χ3v) is 5.37. The van der Waals surface area contributed by atoms with E-state index in [0.717, 1.165) is 12.8 Å². The summed E-state index contributed by atoms with van der Waals surface area (Å²) in [5, 5.41) is 9.55. The van der Waals surface area contributed by atoms with Gasteiger partial charge in [0, 0.05) is 38.3 Å². The Morgan fingerprint density at radius 3 is 2.34 bits per heavy atom. The van der Waals surface area contributed by atoms with Gasteiger partial charge < -0.3 is 30.7 Å². The molecule has 4 N–H and O–H groups in total. The average molecular weight is 415 g/mol. The van der Waals surface area contributed by atoms with Crippen LogP contribution in [-0.4, -0.2) is 55.8 Å². The lowest BCUT2D eigenvalue weighted by Crippen LogP contribution is -2.51. The summed E-state index contributed by atoms with van der Waals surface area (Å²) in [5.41, 5.74) is 0. The highest BCUT2D eigenvalue weighted by Gasteiger charge is 2.51. The summed E-state index contributed by atoms with van der Waals surface area (Å²) >= 11 is 0. The maximum atomic E-state index is 11.9. The molecule has 1 rings (SSSR count). The second kappa shape index (κ2) is 12.1. The van der Waals surface area contributed by atoms with Gasteiger partial charge in [-0.2, -0.15) is 5.10 Å². The van der Waals surface area contributed by atoms with Crippen LogP contribution < -0.4 is 16.5 Å². The Balaban J connectivity index is 3.29. The highest BCUT2D eigenvalue weighted by molar-refractivity contribution is 5.73. The van der Waals surface area contributed by atoms with Gasteiger partial charge in [0.05, 0.1) is 7.11 Å². The molecule has 166 valence electrons. The van der Waals surface area contributed by atoms with Gasteiger partial charge in [0.2, 0.25) is 5.91 Å². The summed E-state index contributed by atoms with van der Waals surface area (Å²) in [6.07, 6.45) is 1.89. The number of hydrogen-bond acceptors (Lipinski definition) is 8. The number of amides is 1. The molecule has 0 spiro atoms. The van der Waals surface area contributed by atoms with Crippen molar-refractivity contribution in [1.82, 2.24) is 10.6 Å². The van der Waals surface area contributed by atoms with E-state index in [2.05, 4.69) is 34.3 Å². The first-order valence-electron chi connectivity index (χ1n) is 9.93. The third kappa shape index (κ3) is 7.43. The van der Waals surface area contributed by atoms with E-state index in [4.69, 9.17) is 15.3 Å². The molecule has 0 radical (unpaired) electrons. The molecular weight excluding hydrogens is 380 g/mol. The number of esters is 1. The molecule has 1 aliphatic rings. The van der Waals surface area contributed by atoms with Crippen LogP contribution in [0, 0.1) is 11.8 Å². The van der Waals surface area contributed by atoms with Crippen LogP contribution in [0.2, 0.25) is 0 Å². The van der Waals surface area contributed by atoms with Crippen LogP contribution in [0.25, 0.3) is 0 Å². The van der Waals surface area contributed by atoms with Crippen LogP contribution in [0.15, 0.2) is 5.10 Å². The van der Waals surface area contributed by atoms with E-state index in [1.807, 2.05) is 0 Å². The van der Waals surface area contributed by atoms with Crippen LogP contribution in [0.4, 0.5) is 4.79 Å². The molecule has 5 atom stereocenters. The molecule has 0 saturated heterocycles. The van der Waals surface area contributed by atoms with Crippen LogP contribution in [0.3, 0.4) is 0 Å². The van der Waals surface area contributed by atoms with Crippen molar-refractivity contribution in [2.75, 3.05) is 7.11 Å². The Hall–Kier alpha value is -2.52. The second-order valence-electron chi connectivity index (χ2n) is 7.27. The van der Waals surface area contributed by atoms with Gasteiger partial charge in [-0.25, -0.2) is 4.79 Å². The molecule has 1 unspecified atom stereocenters. The van der Waals surface area contributed by atoms with E-state index in [0.29, 0.717) is 18.8 Å². The summed E-state index contributed by atoms with van der Waals surface area (Å²) in [7, 11) is 1.21. The number of hydrazone groups is 1. The summed E-state index contributed by atoms with van der Waals surface area (Å²) in [4.78, 5) is 35.5. The van der Waals surface area contributed by atoms with Crippen molar-refractivity contribution < 1.29 is 28.6 Å². The zero-order valence-electron chi connectivity index (χ0n) is 17.8. The van der Waals surface area contributed by atoms with Crippen LogP contribution >= 0.6 is 0 Å². The van der Waals surface area contributed by atoms with Crippen molar-refractivity contribution in [2.24, 2.45) is 22.8 Å². The Labute approximate surface area is 171 Å². The van der Waals surface area contributed by atoms with Gasteiger partial charge in [-0.15, -0.1) is 0 Å². The standard InChI is InChI=1S/C19H34N4O6/c1-6-13(7-2)8-15(23-11(3)24)17-14(21-10-22-20)9-16(29-19(26)27-5)18(17)28-12(4)25/h10,13-18H,6-9,20H2,1-5H3,(H,21,22)(H,23,24)/t14-,15?,16-,17+,18+/m1/s1. The second-order valence-corrected chi connectivity index (χ2v) is 7.27. The maximum Gasteiger partial charge on any atom is 0.508 e. The zero-order valence-corrected chi connectivity index (χ0v) is 17.8. The smallest absolute Gasteiger partial charge is 0.458 e. The van der Waals surface area contributed by atoms with E-state index in [1.54, 1.807) is 0 Å². The largest absolute Gasteiger partial charge is 0.508 e. The van der Waals surface area contributed by atoms with Crippen LogP contribution in [0.5, 0.6) is 0 Å². The molecular formula is C19H34N4O6. The van der Waals surface area contributed by atoms with Crippen molar-refractivity contribution in [2.45, 2.75) is 77.7 Å². The van der Waals surface area contributed by atoms with Gasteiger partial charge in [0.1, 0.15) is 18.5 Å². The molecule has 0 aromatic rings. The van der Waals surface area contributed by atoms with Crippen molar-refractivity contribution in [1.29, 1.82) is 0 Å². The first-order valence-corrected chi connectivity index (χ1v) is 9.93. The molecule has 0 bridgehead atoms. The summed E-state index contributed by atoms with van der Waals surface area (Å²) < 4.78 is 15.5. The Morgan fingerprint density at radius 1 is 1.21 bits per heavy atom. The van der Waals surface area contributed by atoms with E-state index >= 15 is 0 Å². The molecule has 1 fully saturated rings. The fraction of sp³-hybridized carbons (Fsp3) is 0.789. The molecule has 0 aromatic heterocycles.